The largest absolute Gasteiger partial charge is 0.469 e. The molecule has 6 heteroatoms. The Hall–Kier alpha value is -1.22. The zero-order chi connectivity index (χ0) is 30.0. The van der Waals surface area contributed by atoms with E-state index in [1.165, 1.54) is 20.0 Å². The number of ether oxygens (including phenoxy) is 1. The van der Waals surface area contributed by atoms with Crippen LogP contribution in [0, 0.1) is 0 Å². The van der Waals surface area contributed by atoms with Gasteiger partial charge in [-0.15, -0.1) is 0 Å². The fourth-order valence-electron chi connectivity index (χ4n) is 3.26. The quantitative estimate of drug-likeness (QED) is 0.0503. The average Bonchev–Trinajstić information content (AvgIpc) is 2.81. The SMILES string of the molecule is COC(=O)CCC/C=C/C/C=C\C=C\[C@H](C/C=C\CCCCCO[Si](C)(C)C(C)(C)C)O[Si](C)(C)C(C)(C)C. The molecule has 0 aliphatic heterocycles. The van der Waals surface area contributed by atoms with Crippen molar-refractivity contribution in [3.05, 3.63) is 48.6 Å². The third kappa shape index (κ3) is 18.0. The molecule has 0 saturated heterocycles. The summed E-state index contributed by atoms with van der Waals surface area (Å²) in [5, 5.41) is 0.470. The van der Waals surface area contributed by atoms with Gasteiger partial charge >= 0.3 is 5.97 Å². The molecule has 0 aliphatic rings. The van der Waals surface area contributed by atoms with Crippen LogP contribution in [0.4, 0.5) is 0 Å². The van der Waals surface area contributed by atoms with E-state index in [-0.39, 0.29) is 22.1 Å². The highest BCUT2D eigenvalue weighted by Gasteiger charge is 2.38. The van der Waals surface area contributed by atoms with Gasteiger partial charge in [-0.25, -0.2) is 0 Å². The first kappa shape index (κ1) is 37.8. The summed E-state index contributed by atoms with van der Waals surface area (Å²) in [7, 11) is -2.04. The lowest BCUT2D eigenvalue weighted by Crippen LogP contribution is -2.43. The number of carbonyl (C=O) groups excluding carboxylic acids is 1. The van der Waals surface area contributed by atoms with Crippen molar-refractivity contribution < 1.29 is 18.4 Å². The summed E-state index contributed by atoms with van der Waals surface area (Å²) >= 11 is 0. The maximum atomic E-state index is 11.1. The third-order valence-corrected chi connectivity index (χ3v) is 17.1. The summed E-state index contributed by atoms with van der Waals surface area (Å²) in [5.74, 6) is -0.139. The van der Waals surface area contributed by atoms with Gasteiger partial charge in [0.05, 0.1) is 13.2 Å². The van der Waals surface area contributed by atoms with Crippen LogP contribution in [0.25, 0.3) is 0 Å². The summed E-state index contributed by atoms with van der Waals surface area (Å²) in [6, 6.07) is 0. The van der Waals surface area contributed by atoms with Gasteiger partial charge in [0.2, 0.25) is 0 Å². The van der Waals surface area contributed by atoms with Crippen LogP contribution < -0.4 is 0 Å². The van der Waals surface area contributed by atoms with Crippen LogP contribution in [-0.4, -0.2) is 42.4 Å². The molecule has 1 atom stereocenters. The van der Waals surface area contributed by atoms with Crippen LogP contribution >= 0.6 is 0 Å². The molecular weight excluding hydrogens is 517 g/mol. The molecule has 0 N–H and O–H groups in total. The molecule has 0 bridgehead atoms. The summed E-state index contributed by atoms with van der Waals surface area (Å²) in [6.45, 7) is 24.0. The van der Waals surface area contributed by atoms with Gasteiger partial charge in [0.15, 0.2) is 16.6 Å². The Morgan fingerprint density at radius 1 is 0.744 bits per heavy atom. The second kappa shape index (κ2) is 19.0. The van der Waals surface area contributed by atoms with Gasteiger partial charge in [-0.3, -0.25) is 4.79 Å². The van der Waals surface area contributed by atoms with Gasteiger partial charge in [-0.1, -0.05) is 96.6 Å². The van der Waals surface area contributed by atoms with E-state index >= 15 is 0 Å². The van der Waals surface area contributed by atoms with E-state index in [2.05, 4.69) is 121 Å². The van der Waals surface area contributed by atoms with Gasteiger partial charge in [-0.2, -0.15) is 0 Å². The van der Waals surface area contributed by atoms with Crippen molar-refractivity contribution in [1.29, 1.82) is 0 Å². The molecular formula is C33H62O4Si2. The van der Waals surface area contributed by atoms with Crippen molar-refractivity contribution in [3.8, 4) is 0 Å². The highest BCUT2D eigenvalue weighted by atomic mass is 28.4. The minimum Gasteiger partial charge on any atom is -0.469 e. The molecule has 0 aliphatic carbocycles. The van der Waals surface area contributed by atoms with Crippen molar-refractivity contribution in [3.63, 3.8) is 0 Å². The fourth-order valence-corrected chi connectivity index (χ4v) is 5.63. The molecule has 39 heavy (non-hydrogen) atoms. The van der Waals surface area contributed by atoms with Crippen LogP contribution in [0.5, 0.6) is 0 Å². The summed E-state index contributed by atoms with van der Waals surface area (Å²) in [6.07, 6.45) is 26.3. The Morgan fingerprint density at radius 2 is 1.36 bits per heavy atom. The molecule has 0 heterocycles. The van der Waals surface area contributed by atoms with E-state index < -0.39 is 16.6 Å². The van der Waals surface area contributed by atoms with Crippen LogP contribution in [-0.2, 0) is 18.4 Å². The lowest BCUT2D eigenvalue weighted by molar-refractivity contribution is -0.140. The molecule has 0 spiro atoms. The Morgan fingerprint density at radius 3 is 1.97 bits per heavy atom. The zero-order valence-electron chi connectivity index (χ0n) is 27.4. The Labute approximate surface area is 244 Å². The highest BCUT2D eigenvalue weighted by Crippen LogP contribution is 2.38. The van der Waals surface area contributed by atoms with Crippen molar-refractivity contribution in [2.45, 2.75) is 142 Å². The monoisotopic (exact) mass is 578 g/mol. The molecule has 0 rings (SSSR count). The third-order valence-electron chi connectivity index (χ3n) is 8.06. The number of unbranched alkanes of at least 4 members (excludes halogenated alkanes) is 4. The second-order valence-corrected chi connectivity index (χ2v) is 23.1. The summed E-state index contributed by atoms with van der Waals surface area (Å²) in [4.78, 5) is 11.1. The van der Waals surface area contributed by atoms with Crippen LogP contribution in [0.3, 0.4) is 0 Å². The number of hydrogen-bond acceptors (Lipinski definition) is 4. The minimum absolute atomic E-state index is 0.0960. The van der Waals surface area contributed by atoms with Gasteiger partial charge < -0.3 is 13.6 Å². The van der Waals surface area contributed by atoms with Gasteiger partial charge in [-0.05, 0) is 81.2 Å². The van der Waals surface area contributed by atoms with Gasteiger partial charge in [0, 0.05) is 13.0 Å². The zero-order valence-corrected chi connectivity index (χ0v) is 29.4. The topological polar surface area (TPSA) is 44.8 Å². The summed E-state index contributed by atoms with van der Waals surface area (Å²) < 4.78 is 17.7. The number of methoxy groups -OCH3 is 1. The van der Waals surface area contributed by atoms with Crippen molar-refractivity contribution in [1.82, 2.24) is 0 Å². The van der Waals surface area contributed by atoms with Crippen LogP contribution in [0.1, 0.15) is 99.3 Å². The van der Waals surface area contributed by atoms with E-state index in [1.54, 1.807) is 0 Å². The minimum atomic E-state index is -1.86. The number of esters is 1. The molecule has 226 valence electrons. The molecule has 0 amide bonds. The smallest absolute Gasteiger partial charge is 0.305 e. The predicted molar refractivity (Wildman–Crippen MR) is 175 cm³/mol. The summed E-state index contributed by atoms with van der Waals surface area (Å²) in [5.41, 5.74) is 0. The molecule has 4 nitrogen and oxygen atoms in total. The molecule has 0 radical (unpaired) electrons. The van der Waals surface area contributed by atoms with E-state index in [0.717, 1.165) is 45.1 Å². The van der Waals surface area contributed by atoms with E-state index in [1.807, 2.05) is 0 Å². The number of allylic oxidation sites excluding steroid dienone is 6. The molecule has 0 saturated carbocycles. The first-order valence-electron chi connectivity index (χ1n) is 15.1. The van der Waals surface area contributed by atoms with Crippen LogP contribution in [0.15, 0.2) is 48.6 Å². The molecule has 0 aromatic carbocycles. The van der Waals surface area contributed by atoms with Crippen molar-refractivity contribution >= 4 is 22.6 Å². The molecule has 0 aromatic rings. The van der Waals surface area contributed by atoms with Crippen molar-refractivity contribution in [2.75, 3.05) is 13.7 Å². The first-order chi connectivity index (χ1) is 18.0. The second-order valence-electron chi connectivity index (χ2n) is 13.6. The Balaban J connectivity index is 4.61. The predicted octanol–water partition coefficient (Wildman–Crippen LogP) is 10.3. The van der Waals surface area contributed by atoms with Crippen LogP contribution in [0.2, 0.25) is 36.3 Å². The van der Waals surface area contributed by atoms with Crippen molar-refractivity contribution in [2.24, 2.45) is 0 Å². The highest BCUT2D eigenvalue weighted by molar-refractivity contribution is 6.74. The maximum absolute atomic E-state index is 11.1. The molecule has 0 unspecified atom stereocenters. The van der Waals surface area contributed by atoms with E-state index in [4.69, 9.17) is 8.85 Å². The van der Waals surface area contributed by atoms with E-state index in [0.29, 0.717) is 6.42 Å². The number of carbonyl (C=O) groups is 1. The number of hydrogen-bond donors (Lipinski definition) is 0. The normalized spacial score (nSPS) is 14.8. The standard InChI is InChI=1S/C33H62O4Si2/c1-32(2,3)38(8,9)36-29-25-21-17-16-19-23-27-30(37-39(10,11)33(4,5)6)26-22-18-14-12-13-15-20-24-28-31(34)35-7/h13-15,18-19,22-23,26,30H,12,16-17,20-21,24-25,27-29H2,1-11H3/b15-13+,18-14-,23-19-,26-22+/t30-/m1/s1. The Bertz CT molecular complexity index is 781. The maximum Gasteiger partial charge on any atom is 0.305 e. The average molecular weight is 579 g/mol. The molecule has 0 fully saturated rings. The first-order valence-corrected chi connectivity index (χ1v) is 20.9. The van der Waals surface area contributed by atoms with Gasteiger partial charge in [0.25, 0.3) is 0 Å². The lowest BCUT2D eigenvalue weighted by Gasteiger charge is -2.38. The fraction of sp³-hybridized carbons (Fsp3) is 0.727. The van der Waals surface area contributed by atoms with E-state index in [9.17, 15) is 4.79 Å². The Kier molecular flexibility index (Phi) is 18.4. The lowest BCUT2D eigenvalue weighted by atomic mass is 10.1. The van der Waals surface area contributed by atoms with Gasteiger partial charge in [0.1, 0.15) is 0 Å². The number of rotatable bonds is 19. The molecule has 0 aromatic heterocycles.